The fraction of sp³-hybridized carbons (Fsp3) is 0.483. The van der Waals surface area contributed by atoms with Gasteiger partial charge in [-0.15, -0.1) is 6.58 Å². The molecule has 0 bridgehead atoms. The van der Waals surface area contributed by atoms with Crippen LogP contribution in [0.15, 0.2) is 55.1 Å². The van der Waals surface area contributed by atoms with Crippen LogP contribution in [-0.4, -0.2) is 59.0 Å². The third-order valence-electron chi connectivity index (χ3n) is 7.67. The van der Waals surface area contributed by atoms with Crippen LogP contribution in [0.25, 0.3) is 11.1 Å². The molecule has 7 heteroatoms. The molecule has 1 unspecified atom stereocenters. The quantitative estimate of drug-likeness (QED) is 0.464. The van der Waals surface area contributed by atoms with Crippen molar-refractivity contribution < 1.29 is 19.7 Å². The fourth-order valence-corrected chi connectivity index (χ4v) is 5.85. The normalized spacial score (nSPS) is 26.0. The summed E-state index contributed by atoms with van der Waals surface area (Å²) in [5.74, 6) is -0.350. The summed E-state index contributed by atoms with van der Waals surface area (Å²) < 4.78 is 6.16. The molecular weight excluding hydrogens is 476 g/mol. The predicted octanol–water partition coefficient (Wildman–Crippen LogP) is 4.05. The first-order valence-electron chi connectivity index (χ1n) is 12.8. The third kappa shape index (κ3) is 5.38. The lowest BCUT2D eigenvalue weighted by Crippen LogP contribution is -2.55. The van der Waals surface area contributed by atoms with Gasteiger partial charge in [0.05, 0.1) is 19.3 Å². The minimum absolute atomic E-state index is 0.0386. The van der Waals surface area contributed by atoms with Crippen molar-refractivity contribution in [2.45, 2.75) is 62.9 Å². The first-order valence-corrected chi connectivity index (χ1v) is 13.2. The summed E-state index contributed by atoms with van der Waals surface area (Å²) in [6, 6.07) is 13.4. The highest BCUT2D eigenvalue weighted by atomic mass is 35.5. The largest absolute Gasteiger partial charge is 0.391 e. The smallest absolute Gasteiger partial charge is 0.226 e. The molecule has 1 saturated carbocycles. The van der Waals surface area contributed by atoms with E-state index in [1.54, 1.807) is 11.0 Å². The lowest BCUT2D eigenvalue weighted by Gasteiger charge is -2.43. The van der Waals surface area contributed by atoms with Gasteiger partial charge in [0, 0.05) is 29.1 Å². The maximum Gasteiger partial charge on any atom is 0.226 e. The summed E-state index contributed by atoms with van der Waals surface area (Å²) in [6.45, 7) is 6.96. The molecule has 2 aliphatic rings. The van der Waals surface area contributed by atoms with Gasteiger partial charge in [-0.3, -0.25) is 4.79 Å². The highest BCUT2D eigenvalue weighted by Crippen LogP contribution is 2.43. The summed E-state index contributed by atoms with van der Waals surface area (Å²) >= 11 is 6.76. The van der Waals surface area contributed by atoms with Crippen LogP contribution in [0.3, 0.4) is 0 Å². The van der Waals surface area contributed by atoms with Crippen LogP contribution < -0.4 is 5.73 Å². The van der Waals surface area contributed by atoms with E-state index in [0.29, 0.717) is 49.4 Å². The van der Waals surface area contributed by atoms with Crippen LogP contribution in [0.4, 0.5) is 0 Å². The Morgan fingerprint density at radius 3 is 2.78 bits per heavy atom. The van der Waals surface area contributed by atoms with Gasteiger partial charge < -0.3 is 25.6 Å². The highest BCUT2D eigenvalue weighted by molar-refractivity contribution is 6.33. The summed E-state index contributed by atoms with van der Waals surface area (Å²) in [5, 5.41) is 23.0. The van der Waals surface area contributed by atoms with Gasteiger partial charge in [0.15, 0.2) is 0 Å². The second-order valence-corrected chi connectivity index (χ2v) is 10.4. The van der Waals surface area contributed by atoms with Crippen molar-refractivity contribution in [2.75, 3.05) is 19.7 Å². The molecule has 1 saturated heterocycles. The standard InChI is InChI=1S/C29H37ClN2O4/c1-3-5-12-29(35,22-10-7-11-23(30)27(22)20-9-6-8-19(4-2)15-20)26-18-32(13-14-36-26)28(34)21-16-24(31)25(33)17-21/h3,6-11,15,21,24-26,33,35H,1,4-5,12-14,16-18,31H2,2H3/t21-,24+,25-,26?,29+/m0/s1. The number of benzene rings is 2. The number of rotatable bonds is 8. The summed E-state index contributed by atoms with van der Waals surface area (Å²) in [7, 11) is 0. The van der Waals surface area contributed by atoms with Crippen molar-refractivity contribution in [1.82, 2.24) is 4.90 Å². The molecule has 1 amide bonds. The van der Waals surface area contributed by atoms with Gasteiger partial charge in [-0.2, -0.15) is 0 Å². The molecule has 0 aromatic heterocycles. The zero-order valence-electron chi connectivity index (χ0n) is 20.9. The molecule has 0 radical (unpaired) electrons. The number of halogens is 1. The maximum atomic E-state index is 13.3. The number of allylic oxidation sites excluding steroid dienone is 1. The number of hydrogen-bond donors (Lipinski definition) is 3. The molecule has 194 valence electrons. The highest BCUT2D eigenvalue weighted by Gasteiger charge is 2.45. The number of morpholine rings is 1. The molecule has 0 spiro atoms. The summed E-state index contributed by atoms with van der Waals surface area (Å²) in [6.07, 6.45) is 3.13. The topological polar surface area (TPSA) is 96.0 Å². The zero-order chi connectivity index (χ0) is 25.9. The number of amides is 1. The minimum atomic E-state index is -1.40. The molecule has 4 rings (SSSR count). The molecule has 1 heterocycles. The van der Waals surface area contributed by atoms with Gasteiger partial charge >= 0.3 is 0 Å². The Morgan fingerprint density at radius 2 is 2.08 bits per heavy atom. The van der Waals surface area contributed by atoms with Crippen LogP contribution in [-0.2, 0) is 21.6 Å². The van der Waals surface area contributed by atoms with Crippen LogP contribution in [0.5, 0.6) is 0 Å². The van der Waals surface area contributed by atoms with Crippen molar-refractivity contribution in [1.29, 1.82) is 0 Å². The lowest BCUT2D eigenvalue weighted by atomic mass is 9.79. The van der Waals surface area contributed by atoms with E-state index in [1.165, 1.54) is 5.56 Å². The molecule has 2 aromatic rings. The van der Waals surface area contributed by atoms with Gasteiger partial charge in [-0.05, 0) is 54.9 Å². The number of carbonyl (C=O) groups is 1. The van der Waals surface area contributed by atoms with Crippen molar-refractivity contribution >= 4 is 17.5 Å². The summed E-state index contributed by atoms with van der Waals surface area (Å²) in [4.78, 5) is 15.1. The number of nitrogens with two attached hydrogens (primary N) is 1. The Kier molecular flexibility index (Phi) is 8.53. The van der Waals surface area contributed by atoms with Crippen molar-refractivity contribution in [2.24, 2.45) is 11.7 Å². The van der Waals surface area contributed by atoms with Crippen molar-refractivity contribution in [3.63, 3.8) is 0 Å². The number of nitrogens with zero attached hydrogens (tertiary/aromatic N) is 1. The average molecular weight is 513 g/mol. The van der Waals surface area contributed by atoms with Crippen LogP contribution in [0.2, 0.25) is 5.02 Å². The van der Waals surface area contributed by atoms with Crippen molar-refractivity contribution in [3.05, 3.63) is 71.3 Å². The Hall–Kier alpha value is -2.22. The molecular formula is C29H37ClN2O4. The first kappa shape index (κ1) is 26.8. The maximum absolute atomic E-state index is 13.3. The molecule has 36 heavy (non-hydrogen) atoms. The van der Waals surface area contributed by atoms with Crippen molar-refractivity contribution in [3.8, 4) is 11.1 Å². The molecule has 2 fully saturated rings. The van der Waals surface area contributed by atoms with E-state index in [4.69, 9.17) is 22.1 Å². The Morgan fingerprint density at radius 1 is 1.31 bits per heavy atom. The van der Waals surface area contributed by atoms with E-state index in [0.717, 1.165) is 17.5 Å². The number of ether oxygens (including phenoxy) is 1. The number of hydrogen-bond acceptors (Lipinski definition) is 5. The first-order chi connectivity index (χ1) is 17.3. The second-order valence-electron chi connectivity index (χ2n) is 10.0. The van der Waals surface area contributed by atoms with E-state index in [1.807, 2.05) is 30.3 Å². The van der Waals surface area contributed by atoms with Crippen LogP contribution in [0, 0.1) is 5.92 Å². The number of carbonyl (C=O) groups excluding carboxylic acids is 1. The molecule has 1 aliphatic carbocycles. The number of aryl methyl sites for hydroxylation is 1. The van der Waals surface area contributed by atoms with E-state index in [2.05, 4.69) is 25.6 Å². The van der Waals surface area contributed by atoms with Gasteiger partial charge in [0.25, 0.3) is 0 Å². The summed E-state index contributed by atoms with van der Waals surface area (Å²) in [5.41, 5.74) is 8.13. The Labute approximate surface area is 218 Å². The number of aliphatic hydroxyl groups is 2. The van der Waals surface area contributed by atoms with Gasteiger partial charge in [-0.1, -0.05) is 61.0 Å². The monoisotopic (exact) mass is 512 g/mol. The molecule has 5 atom stereocenters. The van der Waals surface area contributed by atoms with Gasteiger partial charge in [0.2, 0.25) is 5.91 Å². The fourth-order valence-electron chi connectivity index (χ4n) is 5.56. The van der Waals surface area contributed by atoms with Gasteiger partial charge in [-0.25, -0.2) is 0 Å². The van der Waals surface area contributed by atoms with Crippen LogP contribution in [0.1, 0.15) is 43.7 Å². The van der Waals surface area contributed by atoms with Crippen LogP contribution >= 0.6 is 11.6 Å². The second kappa shape index (κ2) is 11.4. The molecule has 2 aromatic carbocycles. The molecule has 1 aliphatic heterocycles. The van der Waals surface area contributed by atoms with Gasteiger partial charge in [0.1, 0.15) is 11.7 Å². The predicted molar refractivity (Wildman–Crippen MR) is 143 cm³/mol. The average Bonchev–Trinajstić information content (AvgIpc) is 3.24. The molecule has 6 nitrogen and oxygen atoms in total. The van der Waals surface area contributed by atoms with E-state index in [9.17, 15) is 15.0 Å². The van der Waals surface area contributed by atoms with E-state index in [-0.39, 0.29) is 24.4 Å². The van der Waals surface area contributed by atoms with E-state index >= 15 is 0 Å². The zero-order valence-corrected chi connectivity index (χ0v) is 21.7. The number of aliphatic hydroxyl groups excluding tert-OH is 1. The SMILES string of the molecule is C=CCC[C@@](O)(c1cccc(Cl)c1-c1cccc(CC)c1)C1CN(C(=O)[C@H]2C[C@@H](N)[C@@H](O)C2)CCO1. The molecule has 4 N–H and O–H groups in total. The third-order valence-corrected chi connectivity index (χ3v) is 7.99. The Bertz CT molecular complexity index is 1080. The minimum Gasteiger partial charge on any atom is -0.391 e. The van der Waals surface area contributed by atoms with E-state index < -0.39 is 17.8 Å². The lowest BCUT2D eigenvalue weighted by molar-refractivity contribution is -0.167. The Balaban J connectivity index is 1.70.